The number of aryl methyl sites for hydroxylation is 1. The average Bonchev–Trinajstić information content (AvgIpc) is 2.68. The van der Waals surface area contributed by atoms with Gasteiger partial charge in [-0.15, -0.1) is 0 Å². The number of carbonyl (C=O) groups excluding carboxylic acids is 1. The van der Waals surface area contributed by atoms with E-state index in [4.69, 9.17) is 5.73 Å². The Morgan fingerprint density at radius 2 is 1.72 bits per heavy atom. The molecule has 0 amide bonds. The molecule has 146 valence electrons. The number of anilines is 1. The van der Waals surface area contributed by atoms with E-state index in [-0.39, 0.29) is 11.2 Å². The highest BCUT2D eigenvalue weighted by Crippen LogP contribution is 2.50. The van der Waals surface area contributed by atoms with Crippen LogP contribution in [0.5, 0.6) is 0 Å². The number of hydrogen-bond donors (Lipinski definition) is 1. The Bertz CT molecular complexity index is 1070. The van der Waals surface area contributed by atoms with Crippen LogP contribution in [-0.2, 0) is 4.79 Å². The predicted molar refractivity (Wildman–Crippen MR) is 115 cm³/mol. The van der Waals surface area contributed by atoms with E-state index < -0.39 is 5.92 Å². The number of Topliss-reactive ketones (excluding diaryl/α,β-unsaturated/α-hetero) is 1. The van der Waals surface area contributed by atoms with Crippen LogP contribution in [-0.4, -0.2) is 5.78 Å². The molecule has 0 aromatic heterocycles. The molecule has 0 bridgehead atoms. The molecule has 0 saturated carbocycles. The van der Waals surface area contributed by atoms with Crippen LogP contribution in [0.4, 0.5) is 5.69 Å². The lowest BCUT2D eigenvalue weighted by molar-refractivity contribution is -0.118. The van der Waals surface area contributed by atoms with E-state index in [1.165, 1.54) is 0 Å². The third-order valence-electron chi connectivity index (χ3n) is 5.81. The maximum Gasteiger partial charge on any atom is 0.162 e. The highest BCUT2D eigenvalue weighted by molar-refractivity contribution is 6.01. The van der Waals surface area contributed by atoms with Crippen molar-refractivity contribution < 1.29 is 4.79 Å². The molecule has 4 rings (SSSR count). The number of allylic oxidation sites excluding steroid dienone is 3. The number of ketones is 1. The summed E-state index contributed by atoms with van der Waals surface area (Å²) in [4.78, 5) is 15.3. The zero-order chi connectivity index (χ0) is 20.8. The minimum atomic E-state index is -0.415. The van der Waals surface area contributed by atoms with Gasteiger partial charge in [-0.25, -0.2) is 0 Å². The molecule has 29 heavy (non-hydrogen) atoms. The Morgan fingerprint density at radius 1 is 1.07 bits per heavy atom. The van der Waals surface area contributed by atoms with Crippen LogP contribution >= 0.6 is 0 Å². The zero-order valence-corrected chi connectivity index (χ0v) is 17.1. The molecule has 2 aliphatic rings. The molecular formula is C25H25N3O. The molecule has 1 aliphatic heterocycles. The van der Waals surface area contributed by atoms with Gasteiger partial charge >= 0.3 is 0 Å². The van der Waals surface area contributed by atoms with E-state index in [1.54, 1.807) is 0 Å². The topological polar surface area (TPSA) is 70.1 Å². The maximum atomic E-state index is 13.4. The van der Waals surface area contributed by atoms with Crippen molar-refractivity contribution >= 4 is 11.5 Å². The van der Waals surface area contributed by atoms with Gasteiger partial charge < -0.3 is 5.73 Å². The molecule has 4 heteroatoms. The first-order valence-electron chi connectivity index (χ1n) is 9.90. The standard InChI is InChI=1S/C25H25N3O/c1-16-9-11-18(12-10-16)28-20-13-25(2,3)14-21(29)23(20)22(19(15-26)24(28)27)17-7-5-4-6-8-17/h4-12,22H,13-14,27H2,1-3H3/t22-/m0/s1. The van der Waals surface area contributed by atoms with Gasteiger partial charge in [-0.05, 0) is 36.5 Å². The van der Waals surface area contributed by atoms with Gasteiger partial charge in [0, 0.05) is 23.4 Å². The van der Waals surface area contributed by atoms with Crippen molar-refractivity contribution in [2.45, 2.75) is 39.5 Å². The molecule has 0 radical (unpaired) electrons. The first-order valence-corrected chi connectivity index (χ1v) is 9.90. The number of rotatable bonds is 2. The third kappa shape index (κ3) is 3.23. The summed E-state index contributed by atoms with van der Waals surface area (Å²) < 4.78 is 0. The molecule has 0 saturated heterocycles. The third-order valence-corrected chi connectivity index (χ3v) is 5.81. The molecule has 1 aliphatic carbocycles. The van der Waals surface area contributed by atoms with Crippen LogP contribution in [0.1, 0.15) is 43.7 Å². The Morgan fingerprint density at radius 3 is 2.34 bits per heavy atom. The SMILES string of the molecule is Cc1ccc(N2C(N)=C(C#N)[C@H](c3ccccc3)C3=C2CC(C)(C)CC3=O)cc1. The molecule has 2 aromatic carbocycles. The number of nitriles is 1. The number of nitrogens with two attached hydrogens (primary N) is 1. The second-order valence-electron chi connectivity index (χ2n) is 8.73. The molecule has 0 spiro atoms. The van der Waals surface area contributed by atoms with Crippen molar-refractivity contribution in [2.75, 3.05) is 4.90 Å². The van der Waals surface area contributed by atoms with Crippen LogP contribution in [0.3, 0.4) is 0 Å². The Balaban J connectivity index is 1.99. The molecule has 1 heterocycles. The normalized spacial score (nSPS) is 21.1. The lowest BCUT2D eigenvalue weighted by Gasteiger charge is -2.43. The van der Waals surface area contributed by atoms with Crippen molar-refractivity contribution in [1.29, 1.82) is 5.26 Å². The van der Waals surface area contributed by atoms with Gasteiger partial charge in [-0.3, -0.25) is 9.69 Å². The largest absolute Gasteiger partial charge is 0.384 e. The fraction of sp³-hybridized carbons (Fsp3) is 0.280. The van der Waals surface area contributed by atoms with Crippen LogP contribution in [0, 0.1) is 23.7 Å². The quantitative estimate of drug-likeness (QED) is 0.798. The van der Waals surface area contributed by atoms with Crippen LogP contribution < -0.4 is 10.6 Å². The summed E-state index contributed by atoms with van der Waals surface area (Å²) in [5.41, 5.74) is 11.5. The number of carbonyl (C=O) groups is 1. The summed E-state index contributed by atoms with van der Waals surface area (Å²) in [6, 6.07) is 20.1. The second-order valence-corrected chi connectivity index (χ2v) is 8.73. The van der Waals surface area contributed by atoms with Crippen molar-refractivity contribution in [3.05, 3.63) is 88.4 Å². The molecule has 4 nitrogen and oxygen atoms in total. The summed E-state index contributed by atoms with van der Waals surface area (Å²) in [5, 5.41) is 10.0. The van der Waals surface area contributed by atoms with E-state index in [9.17, 15) is 10.1 Å². The fourth-order valence-corrected chi connectivity index (χ4v) is 4.48. The summed E-state index contributed by atoms with van der Waals surface area (Å²) in [7, 11) is 0. The van der Waals surface area contributed by atoms with Gasteiger partial charge in [0.25, 0.3) is 0 Å². The highest BCUT2D eigenvalue weighted by Gasteiger charge is 2.44. The zero-order valence-electron chi connectivity index (χ0n) is 17.1. The summed E-state index contributed by atoms with van der Waals surface area (Å²) in [6.45, 7) is 6.25. The minimum absolute atomic E-state index is 0.0995. The molecule has 0 unspecified atom stereocenters. The van der Waals surface area contributed by atoms with E-state index in [1.807, 2.05) is 66.4 Å². The summed E-state index contributed by atoms with van der Waals surface area (Å²) >= 11 is 0. The smallest absolute Gasteiger partial charge is 0.162 e. The van der Waals surface area contributed by atoms with Crippen molar-refractivity contribution in [1.82, 2.24) is 0 Å². The molecule has 1 atom stereocenters. The molecular weight excluding hydrogens is 358 g/mol. The van der Waals surface area contributed by atoms with Crippen molar-refractivity contribution in [3.8, 4) is 6.07 Å². The Hall–Kier alpha value is -3.32. The predicted octanol–water partition coefficient (Wildman–Crippen LogP) is 4.94. The van der Waals surface area contributed by atoms with E-state index in [2.05, 4.69) is 19.9 Å². The van der Waals surface area contributed by atoms with Gasteiger partial charge in [0.1, 0.15) is 5.82 Å². The van der Waals surface area contributed by atoms with E-state index in [0.29, 0.717) is 23.4 Å². The van der Waals surface area contributed by atoms with Crippen molar-refractivity contribution in [3.63, 3.8) is 0 Å². The second kappa shape index (κ2) is 6.93. The van der Waals surface area contributed by atoms with Gasteiger partial charge in [0.05, 0.1) is 17.6 Å². The number of benzene rings is 2. The lowest BCUT2D eigenvalue weighted by Crippen LogP contribution is -2.42. The molecule has 2 N–H and O–H groups in total. The van der Waals surface area contributed by atoms with Crippen molar-refractivity contribution in [2.24, 2.45) is 11.1 Å². The fourth-order valence-electron chi connectivity index (χ4n) is 4.48. The monoisotopic (exact) mass is 383 g/mol. The summed E-state index contributed by atoms with van der Waals surface area (Å²) in [6.07, 6.45) is 1.19. The van der Waals surface area contributed by atoms with Gasteiger partial charge in [-0.2, -0.15) is 5.26 Å². The highest BCUT2D eigenvalue weighted by atomic mass is 16.1. The lowest BCUT2D eigenvalue weighted by atomic mass is 9.68. The average molecular weight is 383 g/mol. The van der Waals surface area contributed by atoms with E-state index >= 15 is 0 Å². The minimum Gasteiger partial charge on any atom is -0.384 e. The first kappa shape index (κ1) is 19.0. The van der Waals surface area contributed by atoms with E-state index in [0.717, 1.165) is 28.9 Å². The van der Waals surface area contributed by atoms with Crippen LogP contribution in [0.25, 0.3) is 0 Å². The van der Waals surface area contributed by atoms with Crippen LogP contribution in [0.2, 0.25) is 0 Å². The Labute approximate surface area is 171 Å². The van der Waals surface area contributed by atoms with Gasteiger partial charge in [0.15, 0.2) is 5.78 Å². The first-order chi connectivity index (χ1) is 13.8. The van der Waals surface area contributed by atoms with Gasteiger partial charge in [0.2, 0.25) is 0 Å². The Kier molecular flexibility index (Phi) is 4.55. The van der Waals surface area contributed by atoms with Gasteiger partial charge in [-0.1, -0.05) is 61.9 Å². The number of hydrogen-bond acceptors (Lipinski definition) is 4. The number of nitrogens with zero attached hydrogens (tertiary/aromatic N) is 2. The molecule has 2 aromatic rings. The van der Waals surface area contributed by atoms with Crippen LogP contribution in [0.15, 0.2) is 77.3 Å². The molecule has 0 fully saturated rings. The maximum absolute atomic E-state index is 13.4. The summed E-state index contributed by atoms with van der Waals surface area (Å²) in [5.74, 6) is 0.0958.